The SMILES string of the molecule is Cc1c(COc2cc(OCc3cncc(C#N)c3)c(CN[C@H](CO)C(=O)O)c3nonc23)cccc1-c1ccccc1. The van der Waals surface area contributed by atoms with E-state index in [-0.39, 0.29) is 19.8 Å². The van der Waals surface area contributed by atoms with Gasteiger partial charge in [-0.1, -0.05) is 48.5 Å². The van der Waals surface area contributed by atoms with Gasteiger partial charge in [-0.25, -0.2) is 4.63 Å². The third-order valence-corrected chi connectivity index (χ3v) is 6.81. The molecule has 0 unspecified atom stereocenters. The smallest absolute Gasteiger partial charge is 0.323 e. The number of hydrogen-bond acceptors (Lipinski definition) is 10. The van der Waals surface area contributed by atoms with Gasteiger partial charge in [0.25, 0.3) is 0 Å². The van der Waals surface area contributed by atoms with Crippen molar-refractivity contribution in [3.05, 3.63) is 101 Å². The maximum Gasteiger partial charge on any atom is 0.323 e. The second-order valence-corrected chi connectivity index (χ2v) is 9.49. The van der Waals surface area contributed by atoms with Gasteiger partial charge in [-0.05, 0) is 45.6 Å². The number of aromatic nitrogens is 3. The summed E-state index contributed by atoms with van der Waals surface area (Å²) < 4.78 is 17.4. The van der Waals surface area contributed by atoms with Crippen molar-refractivity contribution in [3.63, 3.8) is 0 Å². The Morgan fingerprint density at radius 3 is 2.57 bits per heavy atom. The summed E-state index contributed by atoms with van der Waals surface area (Å²) >= 11 is 0. The number of rotatable bonds is 12. The van der Waals surface area contributed by atoms with Crippen LogP contribution in [0.25, 0.3) is 22.2 Å². The van der Waals surface area contributed by atoms with Crippen molar-refractivity contribution in [1.29, 1.82) is 5.26 Å². The number of aliphatic hydroxyl groups excluding tert-OH is 1. The Kier molecular flexibility index (Phi) is 8.67. The highest BCUT2D eigenvalue weighted by Gasteiger charge is 2.23. The number of fused-ring (bicyclic) bond motifs is 1. The molecule has 212 valence electrons. The number of carboxylic acids is 1. The number of nitrogens with one attached hydrogen (secondary N) is 1. The van der Waals surface area contributed by atoms with E-state index in [9.17, 15) is 20.3 Å². The van der Waals surface area contributed by atoms with E-state index in [0.29, 0.717) is 39.2 Å². The molecule has 0 saturated carbocycles. The van der Waals surface area contributed by atoms with E-state index in [1.165, 1.54) is 6.20 Å². The van der Waals surface area contributed by atoms with Gasteiger partial charge in [-0.15, -0.1) is 0 Å². The zero-order valence-electron chi connectivity index (χ0n) is 22.7. The van der Waals surface area contributed by atoms with Crippen LogP contribution in [-0.4, -0.2) is 44.1 Å². The normalized spacial score (nSPS) is 11.6. The van der Waals surface area contributed by atoms with Gasteiger partial charge in [-0.2, -0.15) is 5.26 Å². The van der Waals surface area contributed by atoms with E-state index in [1.54, 1.807) is 18.3 Å². The van der Waals surface area contributed by atoms with Crippen LogP contribution in [0, 0.1) is 18.3 Å². The van der Waals surface area contributed by atoms with Crippen molar-refractivity contribution < 1.29 is 29.1 Å². The summed E-state index contributed by atoms with van der Waals surface area (Å²) in [5.41, 5.74) is 6.40. The zero-order valence-corrected chi connectivity index (χ0v) is 22.7. The van der Waals surface area contributed by atoms with Crippen LogP contribution >= 0.6 is 0 Å². The van der Waals surface area contributed by atoms with Crippen molar-refractivity contribution in [2.45, 2.75) is 32.7 Å². The first kappa shape index (κ1) is 28.2. The number of aliphatic carboxylic acids is 1. The number of nitriles is 1. The highest BCUT2D eigenvalue weighted by atomic mass is 16.6. The Morgan fingerprint density at radius 1 is 1.02 bits per heavy atom. The van der Waals surface area contributed by atoms with Crippen molar-refractivity contribution in [1.82, 2.24) is 20.6 Å². The number of ether oxygens (including phenoxy) is 2. The summed E-state index contributed by atoms with van der Waals surface area (Å²) in [4.78, 5) is 15.6. The fraction of sp³-hybridized carbons (Fsp3) is 0.194. The van der Waals surface area contributed by atoms with Gasteiger partial charge in [0.2, 0.25) is 0 Å². The number of hydrogen-bond donors (Lipinski definition) is 3. The largest absolute Gasteiger partial charge is 0.488 e. The van der Waals surface area contributed by atoms with Gasteiger partial charge in [0.1, 0.15) is 36.6 Å². The molecule has 0 aliphatic heterocycles. The number of carbonyl (C=O) groups is 1. The van der Waals surface area contributed by atoms with Gasteiger partial charge in [-0.3, -0.25) is 15.1 Å². The van der Waals surface area contributed by atoms with Crippen molar-refractivity contribution in [2.75, 3.05) is 6.61 Å². The Labute approximate surface area is 240 Å². The Balaban J connectivity index is 1.47. The first-order valence-electron chi connectivity index (χ1n) is 13.1. The minimum absolute atomic E-state index is 0.0213. The van der Waals surface area contributed by atoms with E-state index in [2.05, 4.69) is 38.8 Å². The number of aliphatic hydroxyl groups is 1. The molecule has 11 heteroatoms. The first-order valence-corrected chi connectivity index (χ1v) is 13.1. The predicted molar refractivity (Wildman–Crippen MR) is 151 cm³/mol. The molecule has 5 aromatic rings. The fourth-order valence-electron chi connectivity index (χ4n) is 4.52. The minimum atomic E-state index is -1.21. The molecule has 2 heterocycles. The molecule has 0 saturated heterocycles. The second kappa shape index (κ2) is 12.9. The second-order valence-electron chi connectivity index (χ2n) is 9.49. The summed E-state index contributed by atoms with van der Waals surface area (Å²) in [7, 11) is 0. The lowest BCUT2D eigenvalue weighted by Gasteiger charge is -2.17. The lowest BCUT2D eigenvalue weighted by molar-refractivity contribution is -0.140. The van der Waals surface area contributed by atoms with Crippen LogP contribution in [0.5, 0.6) is 11.5 Å². The molecule has 0 aliphatic rings. The van der Waals surface area contributed by atoms with Crippen LogP contribution in [0.3, 0.4) is 0 Å². The average Bonchev–Trinajstić information content (AvgIpc) is 3.51. The standard InChI is InChI=1S/C31H27N5O6/c1-19-23(8-5-9-24(19)22-6-3-2-4-7-22)18-41-28-11-27(40-17-21-10-20(12-32)13-33-14-21)25(29-30(28)36-42-35-29)15-34-26(16-37)31(38)39/h2-11,13-14,26,34,37H,15-18H2,1H3,(H,38,39)/t26-/m1/s1. The average molecular weight is 566 g/mol. The van der Waals surface area contributed by atoms with E-state index in [1.807, 2.05) is 43.3 Å². The van der Waals surface area contributed by atoms with E-state index in [4.69, 9.17) is 14.1 Å². The van der Waals surface area contributed by atoms with Crippen LogP contribution in [0.1, 0.15) is 27.8 Å². The Hall–Kier alpha value is -5.31. The Bertz CT molecular complexity index is 1750. The monoisotopic (exact) mass is 565 g/mol. The molecule has 0 spiro atoms. The molecular weight excluding hydrogens is 538 g/mol. The first-order chi connectivity index (χ1) is 20.5. The molecule has 0 amide bonds. The molecule has 0 radical (unpaired) electrons. The maximum absolute atomic E-state index is 11.5. The summed E-state index contributed by atoms with van der Waals surface area (Å²) in [5.74, 6) is -0.516. The van der Waals surface area contributed by atoms with Gasteiger partial charge in [0, 0.05) is 36.1 Å². The van der Waals surface area contributed by atoms with E-state index < -0.39 is 18.6 Å². The highest BCUT2D eigenvalue weighted by Crippen LogP contribution is 2.36. The van der Waals surface area contributed by atoms with Gasteiger partial charge < -0.3 is 19.7 Å². The molecule has 1 atom stereocenters. The summed E-state index contributed by atoms with van der Waals surface area (Å²) in [6, 6.07) is 20.3. The molecule has 5 rings (SSSR count). The maximum atomic E-state index is 11.5. The minimum Gasteiger partial charge on any atom is -0.488 e. The van der Waals surface area contributed by atoms with E-state index >= 15 is 0 Å². The van der Waals surface area contributed by atoms with Crippen LogP contribution in [-0.2, 0) is 24.6 Å². The Morgan fingerprint density at radius 2 is 1.81 bits per heavy atom. The lowest BCUT2D eigenvalue weighted by atomic mass is 9.97. The van der Waals surface area contributed by atoms with Gasteiger partial charge in [0.05, 0.1) is 12.2 Å². The van der Waals surface area contributed by atoms with Gasteiger partial charge >= 0.3 is 5.97 Å². The summed E-state index contributed by atoms with van der Waals surface area (Å²) in [5, 5.41) is 39.0. The number of pyridine rings is 1. The quantitative estimate of drug-likeness (QED) is 0.199. The molecule has 3 aromatic carbocycles. The molecule has 0 fully saturated rings. The van der Waals surface area contributed by atoms with Crippen molar-refractivity contribution >= 4 is 17.0 Å². The molecular formula is C31H27N5O6. The zero-order chi connectivity index (χ0) is 29.5. The van der Waals surface area contributed by atoms with Crippen LogP contribution < -0.4 is 14.8 Å². The van der Waals surface area contributed by atoms with E-state index in [0.717, 1.165) is 22.3 Å². The molecule has 3 N–H and O–H groups in total. The number of carboxylic acid groups (broad SMARTS) is 1. The van der Waals surface area contributed by atoms with Crippen molar-refractivity contribution in [3.8, 4) is 28.7 Å². The third kappa shape index (κ3) is 6.20. The predicted octanol–water partition coefficient (Wildman–Crippen LogP) is 4.16. The summed E-state index contributed by atoms with van der Waals surface area (Å²) in [6.45, 7) is 1.70. The third-order valence-electron chi connectivity index (χ3n) is 6.81. The lowest BCUT2D eigenvalue weighted by Crippen LogP contribution is -2.39. The topological polar surface area (TPSA) is 164 Å². The molecule has 2 aromatic heterocycles. The van der Waals surface area contributed by atoms with Gasteiger partial charge in [0.15, 0.2) is 11.3 Å². The molecule has 0 bridgehead atoms. The summed E-state index contributed by atoms with van der Waals surface area (Å²) in [6.07, 6.45) is 3.04. The molecule has 11 nitrogen and oxygen atoms in total. The molecule has 42 heavy (non-hydrogen) atoms. The number of benzene rings is 3. The van der Waals surface area contributed by atoms with Crippen LogP contribution in [0.4, 0.5) is 0 Å². The number of nitrogens with zero attached hydrogens (tertiary/aromatic N) is 4. The van der Waals surface area contributed by atoms with Crippen molar-refractivity contribution in [2.24, 2.45) is 0 Å². The van der Waals surface area contributed by atoms with Crippen LogP contribution in [0.2, 0.25) is 0 Å². The molecule has 0 aliphatic carbocycles. The highest BCUT2D eigenvalue weighted by molar-refractivity contribution is 5.86. The fourth-order valence-corrected chi connectivity index (χ4v) is 4.52. The van der Waals surface area contributed by atoms with Crippen LogP contribution in [0.15, 0.2) is 77.7 Å².